The smallest absolute Gasteiger partial charge is 0.309 e. The Bertz CT molecular complexity index is 371. The van der Waals surface area contributed by atoms with Gasteiger partial charge in [-0.15, -0.1) is 0 Å². The Hall–Kier alpha value is -1.10. The molecule has 0 aromatic heterocycles. The van der Waals surface area contributed by atoms with Crippen molar-refractivity contribution < 1.29 is 14.7 Å². The fourth-order valence-electron chi connectivity index (χ4n) is 3.16. The molecule has 2 aliphatic rings. The number of carboxylic acids is 1. The van der Waals surface area contributed by atoms with Crippen LogP contribution in [-0.4, -0.2) is 59.5 Å². The molecule has 1 saturated carbocycles. The van der Waals surface area contributed by atoms with E-state index in [-0.39, 0.29) is 5.91 Å². The zero-order chi connectivity index (χ0) is 14.8. The monoisotopic (exact) mass is 282 g/mol. The van der Waals surface area contributed by atoms with Crippen LogP contribution in [0.2, 0.25) is 0 Å². The molecular formula is C15H26N2O3. The summed E-state index contributed by atoms with van der Waals surface area (Å²) in [6.45, 7) is 3.91. The molecule has 114 valence electrons. The van der Waals surface area contributed by atoms with Crippen molar-refractivity contribution in [3.8, 4) is 0 Å². The topological polar surface area (TPSA) is 60.9 Å². The Kier molecular flexibility index (Phi) is 4.68. The van der Waals surface area contributed by atoms with Gasteiger partial charge < -0.3 is 10.0 Å². The fraction of sp³-hybridized carbons (Fsp3) is 0.867. The molecule has 1 N–H and O–H groups in total. The third kappa shape index (κ3) is 3.32. The van der Waals surface area contributed by atoms with Crippen LogP contribution < -0.4 is 0 Å². The maximum absolute atomic E-state index is 12.1. The molecule has 0 aromatic carbocycles. The first-order valence-corrected chi connectivity index (χ1v) is 7.70. The van der Waals surface area contributed by atoms with Crippen LogP contribution in [0.25, 0.3) is 0 Å². The number of hydrogen-bond donors (Lipinski definition) is 1. The summed E-state index contributed by atoms with van der Waals surface area (Å²) >= 11 is 0. The molecule has 5 heteroatoms. The van der Waals surface area contributed by atoms with Gasteiger partial charge >= 0.3 is 5.97 Å². The first-order valence-electron chi connectivity index (χ1n) is 7.70. The van der Waals surface area contributed by atoms with Gasteiger partial charge in [-0.1, -0.05) is 13.3 Å². The van der Waals surface area contributed by atoms with Crippen molar-refractivity contribution in [1.29, 1.82) is 0 Å². The normalized spacial score (nSPS) is 22.5. The SMILES string of the molecule is CCCC1(C(=O)O)CCN(CC(=O)N(C)C2CC2)CC1. The fourth-order valence-corrected chi connectivity index (χ4v) is 3.16. The average molecular weight is 282 g/mol. The summed E-state index contributed by atoms with van der Waals surface area (Å²) in [6, 6.07) is 0.450. The number of piperidine rings is 1. The molecule has 1 aliphatic carbocycles. The van der Waals surface area contributed by atoms with Crippen LogP contribution in [0.15, 0.2) is 0 Å². The molecule has 0 bridgehead atoms. The van der Waals surface area contributed by atoms with Crippen molar-refractivity contribution in [2.45, 2.75) is 51.5 Å². The lowest BCUT2D eigenvalue weighted by atomic mass is 9.75. The van der Waals surface area contributed by atoms with E-state index < -0.39 is 11.4 Å². The van der Waals surface area contributed by atoms with Gasteiger partial charge in [0.25, 0.3) is 0 Å². The van der Waals surface area contributed by atoms with Crippen LogP contribution >= 0.6 is 0 Å². The highest BCUT2D eigenvalue weighted by molar-refractivity contribution is 5.79. The summed E-state index contributed by atoms with van der Waals surface area (Å²) in [4.78, 5) is 27.6. The summed E-state index contributed by atoms with van der Waals surface area (Å²) in [5.74, 6) is -0.494. The van der Waals surface area contributed by atoms with E-state index in [1.165, 1.54) is 0 Å². The molecule has 1 heterocycles. The third-order valence-corrected chi connectivity index (χ3v) is 4.84. The van der Waals surface area contributed by atoms with Crippen molar-refractivity contribution in [2.24, 2.45) is 5.41 Å². The van der Waals surface area contributed by atoms with Crippen molar-refractivity contribution in [3.63, 3.8) is 0 Å². The number of nitrogens with zero attached hydrogens (tertiary/aromatic N) is 2. The molecule has 0 unspecified atom stereocenters. The Labute approximate surface area is 120 Å². The van der Waals surface area contributed by atoms with Gasteiger partial charge in [-0.25, -0.2) is 0 Å². The molecular weight excluding hydrogens is 256 g/mol. The lowest BCUT2D eigenvalue weighted by Gasteiger charge is -2.39. The Balaban J connectivity index is 1.83. The number of carboxylic acid groups (broad SMARTS) is 1. The standard InChI is InChI=1S/C15H26N2O3/c1-3-6-15(14(19)20)7-9-17(10-8-15)11-13(18)16(2)12-4-5-12/h12H,3-11H2,1-2H3,(H,19,20). The first-order chi connectivity index (χ1) is 9.48. The number of aliphatic carboxylic acids is 1. The van der Waals surface area contributed by atoms with Crippen LogP contribution in [0.5, 0.6) is 0 Å². The highest BCUT2D eigenvalue weighted by atomic mass is 16.4. The van der Waals surface area contributed by atoms with Crippen LogP contribution in [0.1, 0.15) is 45.4 Å². The van der Waals surface area contributed by atoms with E-state index in [0.29, 0.717) is 25.4 Å². The Morgan fingerprint density at radius 1 is 1.30 bits per heavy atom. The van der Waals surface area contributed by atoms with Crippen molar-refractivity contribution >= 4 is 11.9 Å². The minimum atomic E-state index is -0.666. The number of likely N-dealkylation sites (tertiary alicyclic amines) is 1. The quantitative estimate of drug-likeness (QED) is 0.803. The number of amides is 1. The molecule has 1 amide bonds. The molecule has 0 radical (unpaired) electrons. The predicted octanol–water partition coefficient (Wildman–Crippen LogP) is 1.57. The van der Waals surface area contributed by atoms with E-state index in [1.807, 2.05) is 18.9 Å². The molecule has 0 aromatic rings. The Morgan fingerprint density at radius 3 is 2.35 bits per heavy atom. The number of hydrogen-bond acceptors (Lipinski definition) is 3. The largest absolute Gasteiger partial charge is 0.481 e. The van der Waals surface area contributed by atoms with Gasteiger partial charge in [0.2, 0.25) is 5.91 Å². The molecule has 0 atom stereocenters. The zero-order valence-corrected chi connectivity index (χ0v) is 12.6. The zero-order valence-electron chi connectivity index (χ0n) is 12.6. The predicted molar refractivity (Wildman–Crippen MR) is 76.4 cm³/mol. The number of rotatable bonds is 6. The number of likely N-dealkylation sites (N-methyl/N-ethyl adjacent to an activating group) is 1. The molecule has 20 heavy (non-hydrogen) atoms. The first kappa shape index (κ1) is 15.3. The van der Waals surface area contributed by atoms with Crippen molar-refractivity contribution in [2.75, 3.05) is 26.7 Å². The molecule has 5 nitrogen and oxygen atoms in total. The second-order valence-electron chi connectivity index (χ2n) is 6.35. The van der Waals surface area contributed by atoms with Gasteiger partial charge in [-0.2, -0.15) is 0 Å². The van der Waals surface area contributed by atoms with E-state index >= 15 is 0 Å². The van der Waals surface area contributed by atoms with Gasteiger partial charge in [0.1, 0.15) is 0 Å². The summed E-state index contributed by atoms with van der Waals surface area (Å²) in [7, 11) is 1.88. The highest BCUT2D eigenvalue weighted by Crippen LogP contribution is 2.36. The molecule has 0 spiro atoms. The Morgan fingerprint density at radius 2 is 1.90 bits per heavy atom. The van der Waals surface area contributed by atoms with Crippen LogP contribution in [-0.2, 0) is 9.59 Å². The summed E-state index contributed by atoms with van der Waals surface area (Å²) in [6.07, 6.45) is 5.22. The van der Waals surface area contributed by atoms with Gasteiger partial charge in [0.05, 0.1) is 12.0 Å². The maximum Gasteiger partial charge on any atom is 0.309 e. The minimum absolute atomic E-state index is 0.172. The lowest BCUT2D eigenvalue weighted by molar-refractivity contribution is -0.153. The number of carbonyl (C=O) groups excluding carboxylic acids is 1. The molecule has 2 rings (SSSR count). The molecule has 1 saturated heterocycles. The second kappa shape index (κ2) is 6.12. The van der Waals surface area contributed by atoms with Gasteiger partial charge in [-0.05, 0) is 45.2 Å². The summed E-state index contributed by atoms with van der Waals surface area (Å²) in [5.41, 5.74) is -0.559. The van der Waals surface area contributed by atoms with Crippen molar-refractivity contribution in [3.05, 3.63) is 0 Å². The average Bonchev–Trinajstić information content (AvgIpc) is 3.24. The summed E-state index contributed by atoms with van der Waals surface area (Å²) in [5, 5.41) is 9.46. The highest BCUT2D eigenvalue weighted by Gasteiger charge is 2.41. The molecule has 2 fully saturated rings. The number of carbonyl (C=O) groups is 2. The molecule has 1 aliphatic heterocycles. The maximum atomic E-state index is 12.1. The van der Waals surface area contributed by atoms with Gasteiger partial charge in [0.15, 0.2) is 0 Å². The minimum Gasteiger partial charge on any atom is -0.481 e. The third-order valence-electron chi connectivity index (χ3n) is 4.84. The van der Waals surface area contributed by atoms with E-state index in [2.05, 4.69) is 4.90 Å². The van der Waals surface area contributed by atoms with E-state index in [9.17, 15) is 14.7 Å². The van der Waals surface area contributed by atoms with Crippen LogP contribution in [0, 0.1) is 5.41 Å². The van der Waals surface area contributed by atoms with Crippen LogP contribution in [0.3, 0.4) is 0 Å². The summed E-state index contributed by atoms with van der Waals surface area (Å²) < 4.78 is 0. The van der Waals surface area contributed by atoms with Gasteiger partial charge in [-0.3, -0.25) is 14.5 Å². The van der Waals surface area contributed by atoms with Gasteiger partial charge in [0, 0.05) is 13.1 Å². The lowest BCUT2D eigenvalue weighted by Crippen LogP contribution is -2.47. The van der Waals surface area contributed by atoms with E-state index in [0.717, 1.165) is 38.8 Å². The van der Waals surface area contributed by atoms with E-state index in [4.69, 9.17) is 0 Å². The van der Waals surface area contributed by atoms with Crippen LogP contribution in [0.4, 0.5) is 0 Å². The second-order valence-corrected chi connectivity index (χ2v) is 6.35. The van der Waals surface area contributed by atoms with Crippen molar-refractivity contribution in [1.82, 2.24) is 9.80 Å². The van der Waals surface area contributed by atoms with E-state index in [1.54, 1.807) is 0 Å².